The lowest BCUT2D eigenvalue weighted by molar-refractivity contribution is -0.116. The summed E-state index contributed by atoms with van der Waals surface area (Å²) in [5.74, 6) is -0.0235. The lowest BCUT2D eigenvalue weighted by Crippen LogP contribution is -2.40. The van der Waals surface area contributed by atoms with Crippen LogP contribution in [0.5, 0.6) is 0 Å². The van der Waals surface area contributed by atoms with Gasteiger partial charge in [-0.15, -0.1) is 0 Å². The average Bonchev–Trinajstić information content (AvgIpc) is 2.60. The maximum Gasteiger partial charge on any atom is 0.241 e. The van der Waals surface area contributed by atoms with Gasteiger partial charge in [0.2, 0.25) is 15.9 Å². The van der Waals surface area contributed by atoms with Crippen LogP contribution in [0.1, 0.15) is 40.2 Å². The molecule has 6 heteroatoms. The molecule has 1 aliphatic rings. The van der Waals surface area contributed by atoms with E-state index in [1.807, 2.05) is 6.92 Å². The Morgan fingerprint density at radius 1 is 1.33 bits per heavy atom. The third kappa shape index (κ3) is 3.27. The molecule has 1 heterocycles. The van der Waals surface area contributed by atoms with E-state index in [2.05, 4.69) is 4.72 Å². The molecule has 1 aliphatic heterocycles. The Labute approximate surface area is 126 Å². The van der Waals surface area contributed by atoms with Gasteiger partial charge >= 0.3 is 0 Å². The minimum absolute atomic E-state index is 0.0235. The zero-order chi connectivity index (χ0) is 16.0. The van der Waals surface area contributed by atoms with Crippen LogP contribution in [0.25, 0.3) is 0 Å². The highest BCUT2D eigenvalue weighted by Crippen LogP contribution is 2.34. The zero-order valence-corrected chi connectivity index (χ0v) is 13.9. The van der Waals surface area contributed by atoms with Gasteiger partial charge in [0.15, 0.2) is 0 Å². The van der Waals surface area contributed by atoms with Gasteiger partial charge in [-0.1, -0.05) is 0 Å². The first-order valence-corrected chi connectivity index (χ1v) is 8.46. The molecule has 0 aromatic heterocycles. The number of rotatable bonds is 2. The van der Waals surface area contributed by atoms with Crippen molar-refractivity contribution in [2.24, 2.45) is 0 Å². The van der Waals surface area contributed by atoms with Gasteiger partial charge in [-0.3, -0.25) is 4.79 Å². The molecule has 1 aromatic carbocycles. The minimum atomic E-state index is -3.55. The second-order valence-electron chi connectivity index (χ2n) is 6.59. The van der Waals surface area contributed by atoms with Gasteiger partial charge in [0, 0.05) is 24.2 Å². The second kappa shape index (κ2) is 5.10. The maximum atomic E-state index is 12.4. The van der Waals surface area contributed by atoms with E-state index in [0.717, 1.165) is 11.3 Å². The summed E-state index contributed by atoms with van der Waals surface area (Å²) in [5, 5.41) is 0. The van der Waals surface area contributed by atoms with Crippen LogP contribution < -0.4 is 9.62 Å². The van der Waals surface area contributed by atoms with E-state index in [-0.39, 0.29) is 16.8 Å². The molecule has 0 aliphatic carbocycles. The number of hydrogen-bond acceptors (Lipinski definition) is 3. The molecule has 0 radical (unpaired) electrons. The Balaban J connectivity index is 2.41. The van der Waals surface area contributed by atoms with Crippen molar-refractivity contribution in [1.82, 2.24) is 4.72 Å². The third-order valence-corrected chi connectivity index (χ3v) is 5.11. The van der Waals surface area contributed by atoms with Gasteiger partial charge in [-0.2, -0.15) is 0 Å². The third-order valence-electron chi connectivity index (χ3n) is 3.36. The molecule has 2 rings (SSSR count). The van der Waals surface area contributed by atoms with Crippen LogP contribution in [0.4, 0.5) is 5.69 Å². The van der Waals surface area contributed by atoms with Gasteiger partial charge in [0.1, 0.15) is 0 Å². The fourth-order valence-electron chi connectivity index (χ4n) is 2.72. The number of anilines is 1. The lowest BCUT2D eigenvalue weighted by atomic mass is 10.1. The van der Waals surface area contributed by atoms with E-state index in [4.69, 9.17) is 0 Å². The van der Waals surface area contributed by atoms with Crippen LogP contribution >= 0.6 is 0 Å². The van der Waals surface area contributed by atoms with Gasteiger partial charge in [0.05, 0.1) is 4.90 Å². The van der Waals surface area contributed by atoms with E-state index in [1.165, 1.54) is 6.92 Å². The number of carbonyl (C=O) groups excluding carboxylic acids is 1. The van der Waals surface area contributed by atoms with Crippen molar-refractivity contribution in [3.63, 3.8) is 0 Å². The quantitative estimate of drug-likeness (QED) is 0.909. The Hall–Kier alpha value is -1.40. The van der Waals surface area contributed by atoms with Crippen molar-refractivity contribution in [2.45, 2.75) is 57.5 Å². The molecule has 1 amide bonds. The molecule has 0 unspecified atom stereocenters. The SMILES string of the molecule is CC(=O)N1c2ccc(S(=O)(=O)NC(C)(C)C)cc2C[C@H]1C. The lowest BCUT2D eigenvalue weighted by Gasteiger charge is -2.22. The minimum Gasteiger partial charge on any atom is -0.309 e. The molecular weight excluding hydrogens is 288 g/mol. The fourth-order valence-corrected chi connectivity index (χ4v) is 4.19. The molecule has 21 heavy (non-hydrogen) atoms. The molecule has 1 N–H and O–H groups in total. The summed E-state index contributed by atoms with van der Waals surface area (Å²) < 4.78 is 27.3. The van der Waals surface area contributed by atoms with Crippen molar-refractivity contribution in [3.05, 3.63) is 23.8 Å². The first kappa shape index (κ1) is 16.0. The fraction of sp³-hybridized carbons (Fsp3) is 0.533. The molecule has 116 valence electrons. The predicted molar refractivity (Wildman–Crippen MR) is 82.8 cm³/mol. The molecule has 0 saturated carbocycles. The van der Waals surface area contributed by atoms with Crippen molar-refractivity contribution < 1.29 is 13.2 Å². The number of benzene rings is 1. The van der Waals surface area contributed by atoms with Gasteiger partial charge in [0.25, 0.3) is 0 Å². The summed E-state index contributed by atoms with van der Waals surface area (Å²) in [5.41, 5.74) is 1.18. The number of amides is 1. The number of carbonyl (C=O) groups is 1. The van der Waals surface area contributed by atoms with Crippen LogP contribution in [0.15, 0.2) is 23.1 Å². The topological polar surface area (TPSA) is 66.5 Å². The summed E-state index contributed by atoms with van der Waals surface area (Å²) in [4.78, 5) is 13.6. The monoisotopic (exact) mass is 310 g/mol. The molecule has 0 saturated heterocycles. The molecule has 0 spiro atoms. The maximum absolute atomic E-state index is 12.4. The zero-order valence-electron chi connectivity index (χ0n) is 13.1. The van der Waals surface area contributed by atoms with E-state index >= 15 is 0 Å². The number of nitrogens with zero attached hydrogens (tertiary/aromatic N) is 1. The smallest absolute Gasteiger partial charge is 0.241 e. The van der Waals surface area contributed by atoms with E-state index < -0.39 is 15.6 Å². The van der Waals surface area contributed by atoms with Crippen LogP contribution in [0, 0.1) is 0 Å². The van der Waals surface area contributed by atoms with Gasteiger partial charge in [-0.25, -0.2) is 13.1 Å². The van der Waals surface area contributed by atoms with E-state index in [0.29, 0.717) is 6.42 Å². The highest BCUT2D eigenvalue weighted by atomic mass is 32.2. The standard InChI is InChI=1S/C15H22N2O3S/c1-10-8-12-9-13(21(19,20)16-15(3,4)5)6-7-14(12)17(10)11(2)18/h6-7,9-10,16H,8H2,1-5H3/t10-/m1/s1. The summed E-state index contributed by atoms with van der Waals surface area (Å²) in [7, 11) is -3.55. The van der Waals surface area contributed by atoms with E-state index in [9.17, 15) is 13.2 Å². The Bertz CT molecular complexity index is 675. The second-order valence-corrected chi connectivity index (χ2v) is 8.27. The van der Waals surface area contributed by atoms with Crippen molar-refractivity contribution in [2.75, 3.05) is 4.90 Å². The number of sulfonamides is 1. The predicted octanol–water partition coefficient (Wildman–Crippen LogP) is 2.06. The highest BCUT2D eigenvalue weighted by molar-refractivity contribution is 7.89. The molecule has 1 aromatic rings. The van der Waals surface area contributed by atoms with Crippen molar-refractivity contribution >= 4 is 21.6 Å². The Morgan fingerprint density at radius 2 is 1.95 bits per heavy atom. The first-order valence-electron chi connectivity index (χ1n) is 6.98. The summed E-state index contributed by atoms with van der Waals surface area (Å²) in [6.07, 6.45) is 0.674. The first-order chi connectivity index (χ1) is 9.51. The van der Waals surface area contributed by atoms with Gasteiger partial charge < -0.3 is 4.90 Å². The molecule has 0 bridgehead atoms. The molecular formula is C15H22N2O3S. The summed E-state index contributed by atoms with van der Waals surface area (Å²) >= 11 is 0. The largest absolute Gasteiger partial charge is 0.309 e. The molecule has 5 nitrogen and oxygen atoms in total. The van der Waals surface area contributed by atoms with Crippen LogP contribution in [0.2, 0.25) is 0 Å². The number of fused-ring (bicyclic) bond motifs is 1. The highest BCUT2D eigenvalue weighted by Gasteiger charge is 2.30. The molecule has 1 atom stereocenters. The van der Waals surface area contributed by atoms with Crippen LogP contribution in [-0.2, 0) is 21.2 Å². The van der Waals surface area contributed by atoms with Crippen molar-refractivity contribution in [1.29, 1.82) is 0 Å². The Morgan fingerprint density at radius 3 is 2.48 bits per heavy atom. The van der Waals surface area contributed by atoms with E-state index in [1.54, 1.807) is 43.9 Å². The summed E-state index contributed by atoms with van der Waals surface area (Å²) in [6.45, 7) is 8.90. The number of nitrogens with one attached hydrogen (secondary N) is 1. The van der Waals surface area contributed by atoms with Crippen LogP contribution in [-0.4, -0.2) is 25.9 Å². The normalized spacial score (nSPS) is 18.7. The number of hydrogen-bond donors (Lipinski definition) is 1. The van der Waals surface area contributed by atoms with Crippen molar-refractivity contribution in [3.8, 4) is 0 Å². The molecule has 0 fully saturated rings. The average molecular weight is 310 g/mol. The Kier molecular flexibility index (Phi) is 3.88. The van der Waals surface area contributed by atoms with Gasteiger partial charge in [-0.05, 0) is 57.9 Å². The van der Waals surface area contributed by atoms with Crippen LogP contribution in [0.3, 0.4) is 0 Å². The summed E-state index contributed by atoms with van der Waals surface area (Å²) in [6, 6.07) is 5.01.